The molecule has 0 radical (unpaired) electrons. The Morgan fingerprint density at radius 2 is 1.77 bits per heavy atom. The highest BCUT2D eigenvalue weighted by molar-refractivity contribution is 7.99. The third kappa shape index (κ3) is 4.70. The Bertz CT molecular complexity index is 854. The Morgan fingerprint density at radius 1 is 1.03 bits per heavy atom. The summed E-state index contributed by atoms with van der Waals surface area (Å²) < 4.78 is 7.38. The van der Waals surface area contributed by atoms with Crippen LogP contribution in [0.2, 0.25) is 0 Å². The summed E-state index contributed by atoms with van der Waals surface area (Å²) in [5, 5.41) is 9.17. The second-order valence-electron chi connectivity index (χ2n) is 7.56. The summed E-state index contributed by atoms with van der Waals surface area (Å²) >= 11 is 1.40. The average molecular weight is 433 g/mol. The molecule has 0 aromatic carbocycles. The van der Waals surface area contributed by atoms with Gasteiger partial charge in [-0.15, -0.1) is 10.2 Å². The maximum absolute atomic E-state index is 12.7. The van der Waals surface area contributed by atoms with Gasteiger partial charge < -0.3 is 14.2 Å². The van der Waals surface area contributed by atoms with Gasteiger partial charge in [-0.25, -0.2) is 0 Å². The van der Waals surface area contributed by atoms with Gasteiger partial charge in [0.15, 0.2) is 16.7 Å². The van der Waals surface area contributed by atoms with Crippen molar-refractivity contribution in [3.05, 3.63) is 18.4 Å². The van der Waals surface area contributed by atoms with Crippen LogP contribution in [0.25, 0.3) is 11.6 Å². The number of aromatic nitrogens is 3. The van der Waals surface area contributed by atoms with Gasteiger partial charge in [-0.3, -0.25) is 19.1 Å². The Morgan fingerprint density at radius 3 is 2.43 bits per heavy atom. The largest absolute Gasteiger partial charge is 0.461 e. The predicted molar refractivity (Wildman–Crippen MR) is 113 cm³/mol. The highest BCUT2D eigenvalue weighted by atomic mass is 32.2. The van der Waals surface area contributed by atoms with Crippen LogP contribution in [-0.4, -0.2) is 92.8 Å². The number of hydrogen-bond donors (Lipinski definition) is 0. The number of carbonyl (C=O) groups excluding carboxylic acids is 2. The molecule has 0 spiro atoms. The minimum absolute atomic E-state index is 0.0933. The standard InChI is InChI=1S/C20H28N6O3S/c1-2-26-19(16-6-5-13-29-16)21-22-20(26)30-15-18(28)25-11-9-23(10-12-25)14-17(27)24-7-3-4-8-24/h5-6,13H,2-4,7-12,14-15H2,1H3. The first kappa shape index (κ1) is 20.9. The Hall–Kier alpha value is -2.33. The zero-order chi connectivity index (χ0) is 20.9. The molecule has 2 aromatic heterocycles. The Kier molecular flexibility index (Phi) is 6.73. The van der Waals surface area contributed by atoms with Gasteiger partial charge in [-0.2, -0.15) is 0 Å². The van der Waals surface area contributed by atoms with Gasteiger partial charge in [0.1, 0.15) is 0 Å². The Labute approximate surface area is 180 Å². The van der Waals surface area contributed by atoms with E-state index >= 15 is 0 Å². The zero-order valence-corrected chi connectivity index (χ0v) is 18.1. The average Bonchev–Trinajstić information content (AvgIpc) is 3.53. The molecule has 0 bridgehead atoms. The van der Waals surface area contributed by atoms with Gasteiger partial charge >= 0.3 is 0 Å². The molecule has 2 aromatic rings. The monoisotopic (exact) mass is 432 g/mol. The number of piperazine rings is 1. The molecule has 2 amide bonds. The molecule has 9 nitrogen and oxygen atoms in total. The van der Waals surface area contributed by atoms with E-state index in [9.17, 15) is 9.59 Å². The molecule has 2 saturated heterocycles. The quantitative estimate of drug-likeness (QED) is 0.612. The maximum atomic E-state index is 12.7. The third-order valence-electron chi connectivity index (χ3n) is 5.64. The van der Waals surface area contributed by atoms with E-state index in [0.717, 1.165) is 39.0 Å². The van der Waals surface area contributed by atoms with Gasteiger partial charge in [0.05, 0.1) is 18.6 Å². The molecular formula is C20H28N6O3S. The molecular weight excluding hydrogens is 404 g/mol. The van der Waals surface area contributed by atoms with E-state index in [-0.39, 0.29) is 11.8 Å². The summed E-state index contributed by atoms with van der Waals surface area (Å²) in [6, 6.07) is 3.67. The minimum Gasteiger partial charge on any atom is -0.461 e. The molecule has 0 unspecified atom stereocenters. The Balaban J connectivity index is 1.25. The van der Waals surface area contributed by atoms with Crippen LogP contribution in [0.1, 0.15) is 19.8 Å². The second kappa shape index (κ2) is 9.65. The van der Waals surface area contributed by atoms with E-state index in [1.54, 1.807) is 6.26 Å². The summed E-state index contributed by atoms with van der Waals surface area (Å²) in [5.74, 6) is 1.98. The molecule has 2 fully saturated rings. The van der Waals surface area contributed by atoms with Crippen molar-refractivity contribution in [1.82, 2.24) is 29.5 Å². The molecule has 0 saturated carbocycles. The second-order valence-corrected chi connectivity index (χ2v) is 8.50. The number of nitrogens with zero attached hydrogens (tertiary/aromatic N) is 6. The number of furan rings is 1. The first-order chi connectivity index (χ1) is 14.7. The van der Waals surface area contributed by atoms with Gasteiger partial charge in [0, 0.05) is 45.8 Å². The van der Waals surface area contributed by atoms with Crippen LogP contribution in [0.15, 0.2) is 28.0 Å². The molecule has 0 aliphatic carbocycles. The van der Waals surface area contributed by atoms with Crippen LogP contribution >= 0.6 is 11.8 Å². The van der Waals surface area contributed by atoms with Crippen LogP contribution in [0.4, 0.5) is 0 Å². The highest BCUT2D eigenvalue weighted by Gasteiger charge is 2.26. The summed E-state index contributed by atoms with van der Waals surface area (Å²) in [4.78, 5) is 31.0. The number of hydrogen-bond acceptors (Lipinski definition) is 7. The maximum Gasteiger partial charge on any atom is 0.236 e. The van der Waals surface area contributed by atoms with E-state index in [1.807, 2.05) is 33.4 Å². The van der Waals surface area contributed by atoms with Gasteiger partial charge in [0.2, 0.25) is 11.8 Å². The van der Waals surface area contributed by atoms with Crippen LogP contribution in [-0.2, 0) is 16.1 Å². The number of thioether (sulfide) groups is 1. The molecule has 162 valence electrons. The molecule has 4 heterocycles. The molecule has 4 rings (SSSR count). The fourth-order valence-electron chi connectivity index (χ4n) is 3.90. The smallest absolute Gasteiger partial charge is 0.236 e. The first-order valence-electron chi connectivity index (χ1n) is 10.5. The topological polar surface area (TPSA) is 87.7 Å². The number of amides is 2. The molecule has 30 heavy (non-hydrogen) atoms. The lowest BCUT2D eigenvalue weighted by Gasteiger charge is -2.35. The number of likely N-dealkylation sites (tertiary alicyclic amines) is 1. The van der Waals surface area contributed by atoms with Gasteiger partial charge in [-0.1, -0.05) is 11.8 Å². The lowest BCUT2D eigenvalue weighted by atomic mass is 10.3. The molecule has 2 aliphatic heterocycles. The fraction of sp³-hybridized carbons (Fsp3) is 0.600. The van der Waals surface area contributed by atoms with Gasteiger partial charge in [-0.05, 0) is 31.9 Å². The third-order valence-corrected chi connectivity index (χ3v) is 6.59. The van der Waals surface area contributed by atoms with Crippen molar-refractivity contribution in [1.29, 1.82) is 0 Å². The normalized spacial score (nSPS) is 17.6. The number of carbonyl (C=O) groups is 2. The van der Waals surface area contributed by atoms with Crippen LogP contribution < -0.4 is 0 Å². The summed E-state index contributed by atoms with van der Waals surface area (Å²) in [5.41, 5.74) is 0. The van der Waals surface area contributed by atoms with Crippen molar-refractivity contribution >= 4 is 23.6 Å². The first-order valence-corrected chi connectivity index (χ1v) is 11.5. The fourth-order valence-corrected chi connectivity index (χ4v) is 4.80. The minimum atomic E-state index is 0.0933. The van der Waals surface area contributed by atoms with Crippen LogP contribution in [0.3, 0.4) is 0 Å². The van der Waals surface area contributed by atoms with E-state index < -0.39 is 0 Å². The highest BCUT2D eigenvalue weighted by Crippen LogP contribution is 2.24. The zero-order valence-electron chi connectivity index (χ0n) is 17.3. The van der Waals surface area contributed by atoms with E-state index in [2.05, 4.69) is 15.1 Å². The van der Waals surface area contributed by atoms with E-state index in [4.69, 9.17) is 4.42 Å². The van der Waals surface area contributed by atoms with Crippen molar-refractivity contribution < 1.29 is 14.0 Å². The van der Waals surface area contributed by atoms with E-state index in [1.165, 1.54) is 11.8 Å². The number of rotatable bonds is 7. The summed E-state index contributed by atoms with van der Waals surface area (Å²) in [7, 11) is 0. The molecule has 10 heteroatoms. The molecule has 0 N–H and O–H groups in total. The lowest BCUT2D eigenvalue weighted by molar-refractivity contribution is -0.133. The van der Waals surface area contributed by atoms with Crippen LogP contribution in [0, 0.1) is 0 Å². The summed E-state index contributed by atoms with van der Waals surface area (Å²) in [6.07, 6.45) is 3.83. The van der Waals surface area contributed by atoms with Crippen molar-refractivity contribution in [2.45, 2.75) is 31.5 Å². The van der Waals surface area contributed by atoms with Crippen molar-refractivity contribution in [2.75, 3.05) is 51.6 Å². The summed E-state index contributed by atoms with van der Waals surface area (Å²) in [6.45, 7) is 7.75. The predicted octanol–water partition coefficient (Wildman–Crippen LogP) is 1.42. The van der Waals surface area contributed by atoms with Crippen molar-refractivity contribution in [3.8, 4) is 11.6 Å². The lowest BCUT2D eigenvalue weighted by Crippen LogP contribution is -2.51. The SMILES string of the molecule is CCn1c(SCC(=O)N2CCN(CC(=O)N3CCCC3)CC2)nnc1-c1ccco1. The van der Waals surface area contributed by atoms with Crippen molar-refractivity contribution in [2.24, 2.45) is 0 Å². The van der Waals surface area contributed by atoms with Crippen LogP contribution in [0.5, 0.6) is 0 Å². The van der Waals surface area contributed by atoms with Crippen molar-refractivity contribution in [3.63, 3.8) is 0 Å². The van der Waals surface area contributed by atoms with Gasteiger partial charge in [0.25, 0.3) is 0 Å². The van der Waals surface area contributed by atoms with E-state index in [0.29, 0.717) is 48.7 Å². The molecule has 2 aliphatic rings. The molecule has 0 atom stereocenters.